The van der Waals surface area contributed by atoms with Crippen LogP contribution in [0.1, 0.15) is 24.9 Å². The van der Waals surface area contributed by atoms with Gasteiger partial charge in [-0.25, -0.2) is 18.4 Å². The van der Waals surface area contributed by atoms with Gasteiger partial charge >= 0.3 is 5.76 Å². The Bertz CT molecular complexity index is 1150. The van der Waals surface area contributed by atoms with E-state index in [1.54, 1.807) is 43.3 Å². The number of primary sulfonamides is 1. The maximum absolute atomic E-state index is 12.3. The summed E-state index contributed by atoms with van der Waals surface area (Å²) in [5, 5.41) is 7.92. The number of rotatable bonds is 6. The molecule has 0 aliphatic heterocycles. The second-order valence-electron chi connectivity index (χ2n) is 6.14. The number of benzene rings is 2. The molecular formula is C18H19N3O5S. The lowest BCUT2D eigenvalue weighted by molar-refractivity contribution is -0.121. The van der Waals surface area contributed by atoms with E-state index < -0.39 is 21.8 Å². The van der Waals surface area contributed by atoms with E-state index in [-0.39, 0.29) is 23.8 Å². The third kappa shape index (κ3) is 4.26. The van der Waals surface area contributed by atoms with Crippen LogP contribution >= 0.6 is 0 Å². The van der Waals surface area contributed by atoms with Crippen LogP contribution in [0.3, 0.4) is 0 Å². The summed E-state index contributed by atoms with van der Waals surface area (Å²) in [5.74, 6) is -0.793. The SMILES string of the molecule is CC(NC(=O)CCn1c(=O)oc2ccccc21)c1cccc(S(N)(=O)=O)c1. The van der Waals surface area contributed by atoms with Gasteiger partial charge in [0.1, 0.15) is 0 Å². The summed E-state index contributed by atoms with van der Waals surface area (Å²) in [7, 11) is -3.81. The molecule has 27 heavy (non-hydrogen) atoms. The monoisotopic (exact) mass is 389 g/mol. The molecule has 0 spiro atoms. The molecule has 0 aliphatic carbocycles. The first-order valence-electron chi connectivity index (χ1n) is 8.26. The lowest BCUT2D eigenvalue weighted by atomic mass is 10.1. The van der Waals surface area contributed by atoms with Crippen molar-refractivity contribution in [2.75, 3.05) is 0 Å². The van der Waals surface area contributed by atoms with E-state index >= 15 is 0 Å². The van der Waals surface area contributed by atoms with Crippen LogP contribution in [0.2, 0.25) is 0 Å². The second-order valence-corrected chi connectivity index (χ2v) is 7.71. The molecule has 1 amide bonds. The van der Waals surface area contributed by atoms with E-state index in [1.165, 1.54) is 16.7 Å². The number of fused-ring (bicyclic) bond motifs is 1. The van der Waals surface area contributed by atoms with Crippen molar-refractivity contribution in [3.05, 3.63) is 64.6 Å². The Labute approximate surface area is 155 Å². The zero-order valence-corrected chi connectivity index (χ0v) is 15.4. The highest BCUT2D eigenvalue weighted by Gasteiger charge is 2.15. The first-order valence-corrected chi connectivity index (χ1v) is 9.81. The first-order chi connectivity index (χ1) is 12.8. The molecule has 3 aromatic rings. The van der Waals surface area contributed by atoms with Gasteiger partial charge in [0.15, 0.2) is 5.58 Å². The number of oxazole rings is 1. The Hall–Kier alpha value is -2.91. The Morgan fingerprint density at radius 1 is 1.22 bits per heavy atom. The molecule has 3 rings (SSSR count). The van der Waals surface area contributed by atoms with Gasteiger partial charge in [-0.05, 0) is 36.8 Å². The number of nitrogens with one attached hydrogen (secondary N) is 1. The third-order valence-electron chi connectivity index (χ3n) is 4.20. The van der Waals surface area contributed by atoms with Crippen molar-refractivity contribution < 1.29 is 17.6 Å². The van der Waals surface area contributed by atoms with E-state index in [0.717, 1.165) is 0 Å². The van der Waals surface area contributed by atoms with Crippen LogP contribution < -0.4 is 16.2 Å². The minimum atomic E-state index is -3.81. The smallest absolute Gasteiger partial charge is 0.408 e. The molecule has 142 valence electrons. The Morgan fingerprint density at radius 2 is 1.96 bits per heavy atom. The van der Waals surface area contributed by atoms with Crippen LogP contribution in [-0.2, 0) is 21.4 Å². The zero-order valence-electron chi connectivity index (χ0n) is 14.6. The van der Waals surface area contributed by atoms with Crippen LogP contribution in [0.15, 0.2) is 62.6 Å². The number of hydrogen-bond acceptors (Lipinski definition) is 5. The maximum atomic E-state index is 12.3. The fraction of sp³-hybridized carbons (Fsp3) is 0.222. The average Bonchev–Trinajstić information content (AvgIpc) is 2.94. The summed E-state index contributed by atoms with van der Waals surface area (Å²) in [6.45, 7) is 1.91. The molecule has 0 saturated carbocycles. The number of nitrogens with two attached hydrogens (primary N) is 1. The molecule has 1 unspecified atom stereocenters. The van der Waals surface area contributed by atoms with E-state index in [1.807, 2.05) is 0 Å². The fourth-order valence-electron chi connectivity index (χ4n) is 2.80. The van der Waals surface area contributed by atoms with Crippen LogP contribution in [0.5, 0.6) is 0 Å². The topological polar surface area (TPSA) is 124 Å². The van der Waals surface area contributed by atoms with Gasteiger partial charge in [-0.1, -0.05) is 24.3 Å². The van der Waals surface area contributed by atoms with E-state index in [0.29, 0.717) is 16.7 Å². The van der Waals surface area contributed by atoms with Crippen molar-refractivity contribution >= 4 is 27.0 Å². The molecule has 1 heterocycles. The molecule has 0 radical (unpaired) electrons. The zero-order chi connectivity index (χ0) is 19.6. The molecule has 0 aliphatic rings. The molecular weight excluding hydrogens is 370 g/mol. The quantitative estimate of drug-likeness (QED) is 0.661. The van der Waals surface area contributed by atoms with Crippen molar-refractivity contribution in [3.63, 3.8) is 0 Å². The second kappa shape index (κ2) is 7.37. The summed E-state index contributed by atoms with van der Waals surface area (Å²) in [4.78, 5) is 24.2. The Kier molecular flexibility index (Phi) is 5.15. The van der Waals surface area contributed by atoms with Crippen molar-refractivity contribution in [1.29, 1.82) is 0 Å². The molecule has 2 aromatic carbocycles. The maximum Gasteiger partial charge on any atom is 0.419 e. The summed E-state index contributed by atoms with van der Waals surface area (Å²) in [6.07, 6.45) is 0.0721. The highest BCUT2D eigenvalue weighted by molar-refractivity contribution is 7.89. The van der Waals surface area contributed by atoms with Gasteiger partial charge in [-0.3, -0.25) is 9.36 Å². The highest BCUT2D eigenvalue weighted by atomic mass is 32.2. The largest absolute Gasteiger partial charge is 0.419 e. The van der Waals surface area contributed by atoms with Gasteiger partial charge in [0.2, 0.25) is 15.9 Å². The number of para-hydroxylation sites is 2. The number of aryl methyl sites for hydroxylation is 1. The van der Waals surface area contributed by atoms with Crippen molar-refractivity contribution in [1.82, 2.24) is 9.88 Å². The lowest BCUT2D eigenvalue weighted by Gasteiger charge is -2.15. The van der Waals surface area contributed by atoms with Gasteiger partial charge in [-0.2, -0.15) is 0 Å². The van der Waals surface area contributed by atoms with E-state index in [4.69, 9.17) is 9.56 Å². The van der Waals surface area contributed by atoms with Crippen LogP contribution in [0, 0.1) is 0 Å². The molecule has 0 fully saturated rings. The summed E-state index contributed by atoms with van der Waals surface area (Å²) in [6, 6.07) is 12.7. The predicted molar refractivity (Wildman–Crippen MR) is 99.5 cm³/mol. The first kappa shape index (κ1) is 18.9. The molecule has 1 aromatic heterocycles. The minimum absolute atomic E-state index is 0.0162. The van der Waals surface area contributed by atoms with Gasteiger partial charge in [0.05, 0.1) is 16.5 Å². The number of carbonyl (C=O) groups is 1. The number of amides is 1. The fourth-order valence-corrected chi connectivity index (χ4v) is 3.37. The third-order valence-corrected chi connectivity index (χ3v) is 5.11. The summed E-state index contributed by atoms with van der Waals surface area (Å²) in [5.41, 5.74) is 1.71. The molecule has 3 N–H and O–H groups in total. The van der Waals surface area contributed by atoms with Gasteiger partial charge in [0.25, 0.3) is 0 Å². The van der Waals surface area contributed by atoms with Gasteiger partial charge in [0, 0.05) is 13.0 Å². The Morgan fingerprint density at radius 3 is 2.70 bits per heavy atom. The number of sulfonamides is 1. The van der Waals surface area contributed by atoms with Crippen molar-refractivity contribution in [2.24, 2.45) is 5.14 Å². The highest BCUT2D eigenvalue weighted by Crippen LogP contribution is 2.17. The van der Waals surface area contributed by atoms with Crippen LogP contribution in [0.25, 0.3) is 11.1 Å². The Balaban J connectivity index is 1.67. The number of carbonyl (C=O) groups excluding carboxylic acids is 1. The summed E-state index contributed by atoms with van der Waals surface area (Å²) >= 11 is 0. The predicted octanol–water partition coefficient (Wildman–Crippen LogP) is 1.51. The number of hydrogen-bond donors (Lipinski definition) is 2. The standard InChI is InChI=1S/C18H19N3O5S/c1-12(13-5-4-6-14(11-13)27(19,24)25)20-17(22)9-10-21-15-7-2-3-8-16(15)26-18(21)23/h2-8,11-12H,9-10H2,1H3,(H,20,22)(H2,19,24,25). The molecule has 0 saturated heterocycles. The lowest BCUT2D eigenvalue weighted by Crippen LogP contribution is -2.28. The van der Waals surface area contributed by atoms with E-state index in [2.05, 4.69) is 5.32 Å². The van der Waals surface area contributed by atoms with Gasteiger partial charge < -0.3 is 9.73 Å². The molecule has 9 heteroatoms. The summed E-state index contributed by atoms with van der Waals surface area (Å²) < 4.78 is 29.4. The number of nitrogens with zero attached hydrogens (tertiary/aromatic N) is 1. The average molecular weight is 389 g/mol. The normalized spacial score (nSPS) is 12.8. The van der Waals surface area contributed by atoms with Crippen LogP contribution in [0.4, 0.5) is 0 Å². The van der Waals surface area contributed by atoms with Crippen molar-refractivity contribution in [2.45, 2.75) is 30.8 Å². The van der Waals surface area contributed by atoms with E-state index in [9.17, 15) is 18.0 Å². The van der Waals surface area contributed by atoms with Gasteiger partial charge in [-0.15, -0.1) is 0 Å². The van der Waals surface area contributed by atoms with Crippen molar-refractivity contribution in [3.8, 4) is 0 Å². The minimum Gasteiger partial charge on any atom is -0.408 e. The molecule has 0 bridgehead atoms. The van der Waals surface area contributed by atoms with Crippen LogP contribution in [-0.4, -0.2) is 18.9 Å². The molecule has 1 atom stereocenters. The number of aromatic nitrogens is 1. The molecule has 8 nitrogen and oxygen atoms in total.